The molecule has 0 spiro atoms. The average molecular weight is 393 g/mol. The second-order valence-electron chi connectivity index (χ2n) is 7.56. The molecule has 150 valence electrons. The van der Waals surface area contributed by atoms with Crippen LogP contribution in [0.4, 0.5) is 4.39 Å². The molecule has 0 saturated carbocycles. The Balaban J connectivity index is 1.36. The zero-order chi connectivity index (χ0) is 20.0. The van der Waals surface area contributed by atoms with Gasteiger partial charge in [-0.2, -0.15) is 0 Å². The quantitative estimate of drug-likeness (QED) is 0.800. The number of fused-ring (bicyclic) bond motifs is 2. The Bertz CT molecular complexity index is 1070. The first-order valence-corrected chi connectivity index (χ1v) is 10.1. The van der Waals surface area contributed by atoms with Gasteiger partial charge in [0.05, 0.1) is 11.4 Å². The molecule has 3 aliphatic heterocycles. The fourth-order valence-corrected chi connectivity index (χ4v) is 4.07. The lowest BCUT2D eigenvalue weighted by Crippen LogP contribution is -2.46. The molecular formula is C22H24FN5O. The number of hydrogen-bond acceptors (Lipinski definition) is 6. The first-order chi connectivity index (χ1) is 14.1. The van der Waals surface area contributed by atoms with E-state index in [9.17, 15) is 4.39 Å². The van der Waals surface area contributed by atoms with E-state index >= 15 is 0 Å². The lowest BCUT2D eigenvalue weighted by Gasteiger charge is -2.38. The van der Waals surface area contributed by atoms with Gasteiger partial charge in [0.1, 0.15) is 11.4 Å². The number of likely N-dealkylation sites (N-methyl/N-ethyl adjacent to an activating group) is 1. The van der Waals surface area contributed by atoms with Gasteiger partial charge >= 0.3 is 0 Å². The van der Waals surface area contributed by atoms with Crippen LogP contribution in [0.15, 0.2) is 51.7 Å². The van der Waals surface area contributed by atoms with Crippen LogP contribution in [0.25, 0.3) is 16.8 Å². The van der Waals surface area contributed by atoms with Gasteiger partial charge in [0.2, 0.25) is 0 Å². The van der Waals surface area contributed by atoms with Crippen molar-refractivity contribution in [1.82, 2.24) is 19.7 Å². The van der Waals surface area contributed by atoms with Crippen molar-refractivity contribution < 1.29 is 8.81 Å². The van der Waals surface area contributed by atoms with Crippen molar-refractivity contribution in [2.24, 2.45) is 4.99 Å². The van der Waals surface area contributed by atoms with Gasteiger partial charge in [-0.15, -0.1) is 0 Å². The molecule has 4 heterocycles. The zero-order valence-corrected chi connectivity index (χ0v) is 16.7. The third-order valence-corrected chi connectivity index (χ3v) is 5.74. The highest BCUT2D eigenvalue weighted by Crippen LogP contribution is 2.28. The molecule has 0 unspecified atom stereocenters. The highest BCUT2D eigenvalue weighted by atomic mass is 19.1. The fraction of sp³-hybridized carbons (Fsp3) is 0.364. The molecule has 0 bridgehead atoms. The number of aromatic nitrogens is 1. The van der Waals surface area contributed by atoms with Gasteiger partial charge in [-0.25, -0.2) is 14.4 Å². The Labute approximate surface area is 169 Å². The van der Waals surface area contributed by atoms with E-state index in [-0.39, 0.29) is 11.3 Å². The van der Waals surface area contributed by atoms with Crippen LogP contribution in [0.1, 0.15) is 18.4 Å². The molecule has 7 heteroatoms. The van der Waals surface area contributed by atoms with Gasteiger partial charge in [0, 0.05) is 51.4 Å². The average Bonchev–Trinajstić information content (AvgIpc) is 3.14. The molecule has 0 radical (unpaired) electrons. The Morgan fingerprint density at radius 3 is 2.76 bits per heavy atom. The van der Waals surface area contributed by atoms with Crippen molar-refractivity contribution in [2.75, 3.05) is 39.3 Å². The van der Waals surface area contributed by atoms with Crippen LogP contribution in [-0.2, 0) is 0 Å². The number of aliphatic imine (C=N–C) groups is 1. The molecule has 6 nitrogen and oxygen atoms in total. The van der Waals surface area contributed by atoms with Gasteiger partial charge in [-0.3, -0.25) is 0 Å². The van der Waals surface area contributed by atoms with E-state index < -0.39 is 0 Å². The molecule has 0 amide bonds. The number of aryl methyl sites for hydroxylation is 1. The SMILES string of the molecule is CCN1CCN(C2=CN3CC=C(c4cc(F)c5nc(C)oc5c4)N=C3C=C2)CC1. The number of nitrogens with zero attached hydrogens (tertiary/aromatic N) is 5. The Kier molecular flexibility index (Phi) is 4.47. The number of oxazole rings is 1. The molecular weight excluding hydrogens is 369 g/mol. The van der Waals surface area contributed by atoms with E-state index in [0.29, 0.717) is 23.6 Å². The molecule has 0 aliphatic carbocycles. The van der Waals surface area contributed by atoms with Crippen molar-refractivity contribution in [1.29, 1.82) is 0 Å². The van der Waals surface area contributed by atoms with E-state index in [0.717, 1.165) is 44.3 Å². The van der Waals surface area contributed by atoms with Crippen LogP contribution in [-0.4, -0.2) is 64.8 Å². The summed E-state index contributed by atoms with van der Waals surface area (Å²) < 4.78 is 19.9. The third kappa shape index (κ3) is 3.35. The van der Waals surface area contributed by atoms with Crippen molar-refractivity contribution >= 4 is 22.6 Å². The first-order valence-electron chi connectivity index (χ1n) is 10.1. The number of amidine groups is 1. The fourth-order valence-electron chi connectivity index (χ4n) is 4.07. The van der Waals surface area contributed by atoms with Gasteiger partial charge in [-0.1, -0.05) is 6.92 Å². The van der Waals surface area contributed by atoms with Crippen molar-refractivity contribution in [3.8, 4) is 0 Å². The second kappa shape index (κ2) is 7.15. The number of benzene rings is 1. The Morgan fingerprint density at radius 2 is 1.97 bits per heavy atom. The monoisotopic (exact) mass is 393 g/mol. The summed E-state index contributed by atoms with van der Waals surface area (Å²) in [5.74, 6) is 0.942. The van der Waals surface area contributed by atoms with E-state index in [4.69, 9.17) is 9.41 Å². The van der Waals surface area contributed by atoms with E-state index in [1.807, 2.05) is 18.2 Å². The first kappa shape index (κ1) is 18.1. The van der Waals surface area contributed by atoms with Gasteiger partial charge in [0.15, 0.2) is 17.3 Å². The van der Waals surface area contributed by atoms with E-state index in [2.05, 4.69) is 38.9 Å². The lowest BCUT2D eigenvalue weighted by atomic mass is 10.1. The van der Waals surface area contributed by atoms with Crippen LogP contribution < -0.4 is 0 Å². The Morgan fingerprint density at radius 1 is 1.14 bits per heavy atom. The summed E-state index contributed by atoms with van der Waals surface area (Å²) in [6.45, 7) is 10.0. The topological polar surface area (TPSA) is 48.1 Å². The molecule has 1 saturated heterocycles. The summed E-state index contributed by atoms with van der Waals surface area (Å²) in [4.78, 5) is 15.9. The summed E-state index contributed by atoms with van der Waals surface area (Å²) in [6, 6.07) is 3.29. The minimum Gasteiger partial charge on any atom is -0.441 e. The number of piperazine rings is 1. The lowest BCUT2D eigenvalue weighted by molar-refractivity contribution is 0.167. The molecule has 2 aromatic rings. The predicted octanol–water partition coefficient (Wildman–Crippen LogP) is 3.38. The number of hydrogen-bond donors (Lipinski definition) is 0. The highest BCUT2D eigenvalue weighted by Gasteiger charge is 2.22. The number of rotatable bonds is 3. The smallest absolute Gasteiger partial charge is 0.192 e. The molecule has 1 aromatic heterocycles. The normalized spacial score (nSPS) is 19.9. The van der Waals surface area contributed by atoms with Crippen LogP contribution in [0.5, 0.6) is 0 Å². The maximum atomic E-state index is 14.4. The van der Waals surface area contributed by atoms with E-state index in [1.54, 1.807) is 6.92 Å². The summed E-state index contributed by atoms with van der Waals surface area (Å²) in [5.41, 5.74) is 3.40. The van der Waals surface area contributed by atoms with Gasteiger partial charge in [0.25, 0.3) is 0 Å². The molecule has 0 atom stereocenters. The molecule has 1 aromatic carbocycles. The molecule has 5 rings (SSSR count). The molecule has 3 aliphatic rings. The summed E-state index contributed by atoms with van der Waals surface area (Å²) >= 11 is 0. The minimum absolute atomic E-state index is 0.269. The van der Waals surface area contributed by atoms with Gasteiger partial charge < -0.3 is 19.1 Å². The van der Waals surface area contributed by atoms with Crippen LogP contribution in [0.3, 0.4) is 0 Å². The van der Waals surface area contributed by atoms with Crippen molar-refractivity contribution in [2.45, 2.75) is 13.8 Å². The van der Waals surface area contributed by atoms with Gasteiger partial charge in [-0.05, 0) is 36.9 Å². The molecule has 1 fully saturated rings. The Hall–Kier alpha value is -2.93. The van der Waals surface area contributed by atoms with Crippen LogP contribution in [0, 0.1) is 12.7 Å². The minimum atomic E-state index is -0.384. The summed E-state index contributed by atoms with van der Waals surface area (Å²) in [7, 11) is 0. The largest absolute Gasteiger partial charge is 0.441 e. The summed E-state index contributed by atoms with van der Waals surface area (Å²) in [5, 5.41) is 0. The standard InChI is InChI=1S/C22H24FN5O/c1-3-26-8-10-27(11-9-26)17-4-5-21-25-19(6-7-28(21)14-17)16-12-18(23)22-20(13-16)29-15(2)24-22/h4-6,12-14H,3,7-11H2,1-2H3. The molecule has 0 N–H and O–H groups in total. The second-order valence-corrected chi connectivity index (χ2v) is 7.56. The maximum absolute atomic E-state index is 14.4. The molecule has 29 heavy (non-hydrogen) atoms. The van der Waals surface area contributed by atoms with Crippen molar-refractivity contribution in [3.05, 3.63) is 59.5 Å². The maximum Gasteiger partial charge on any atom is 0.192 e. The van der Waals surface area contributed by atoms with Crippen LogP contribution >= 0.6 is 0 Å². The van der Waals surface area contributed by atoms with Crippen molar-refractivity contribution in [3.63, 3.8) is 0 Å². The third-order valence-electron chi connectivity index (χ3n) is 5.74. The summed E-state index contributed by atoms with van der Waals surface area (Å²) in [6.07, 6.45) is 8.36. The highest BCUT2D eigenvalue weighted by molar-refractivity contribution is 6.00. The number of allylic oxidation sites excluding steroid dienone is 1. The number of halogens is 1. The van der Waals surface area contributed by atoms with Crippen LogP contribution in [0.2, 0.25) is 0 Å². The predicted molar refractivity (Wildman–Crippen MR) is 112 cm³/mol. The zero-order valence-electron chi connectivity index (χ0n) is 16.7. The van der Waals surface area contributed by atoms with E-state index in [1.165, 1.54) is 11.8 Å².